The molecule has 0 spiro atoms. The van der Waals surface area contributed by atoms with Crippen LogP contribution < -0.4 is 5.32 Å². The van der Waals surface area contributed by atoms with Crippen LogP contribution in [-0.2, 0) is 9.53 Å². The summed E-state index contributed by atoms with van der Waals surface area (Å²) < 4.78 is 4.84. The number of likely N-dealkylation sites (tertiary alicyclic amines) is 1. The van der Waals surface area contributed by atoms with Crippen molar-refractivity contribution >= 4 is 5.97 Å². The van der Waals surface area contributed by atoms with Crippen LogP contribution >= 0.6 is 0 Å². The van der Waals surface area contributed by atoms with Crippen molar-refractivity contribution in [2.24, 2.45) is 5.92 Å². The number of carbonyl (C=O) groups is 1. The number of nitrogens with zero attached hydrogens (tertiary/aromatic N) is 1. The maximum atomic E-state index is 11.6. The zero-order chi connectivity index (χ0) is 11.6. The molecule has 0 saturated carbocycles. The van der Waals surface area contributed by atoms with Crippen molar-refractivity contribution in [2.45, 2.75) is 31.7 Å². The molecule has 0 radical (unpaired) electrons. The lowest BCUT2D eigenvalue weighted by Crippen LogP contribution is -2.45. The Hall–Kier alpha value is -0.610. The molecule has 1 N–H and O–H groups in total. The number of esters is 1. The Morgan fingerprint density at radius 3 is 2.81 bits per heavy atom. The fourth-order valence-corrected chi connectivity index (χ4v) is 2.93. The first kappa shape index (κ1) is 11.9. The van der Waals surface area contributed by atoms with Gasteiger partial charge in [0, 0.05) is 13.1 Å². The predicted octanol–water partition coefficient (Wildman–Crippen LogP) is 0.623. The van der Waals surface area contributed by atoms with E-state index < -0.39 is 5.54 Å². The Morgan fingerprint density at radius 1 is 1.50 bits per heavy atom. The highest BCUT2D eigenvalue weighted by Crippen LogP contribution is 2.26. The molecule has 0 bridgehead atoms. The van der Waals surface area contributed by atoms with E-state index in [1.54, 1.807) is 0 Å². The molecule has 2 unspecified atom stereocenters. The summed E-state index contributed by atoms with van der Waals surface area (Å²) in [7, 11) is 1.46. The second kappa shape index (κ2) is 4.72. The molecule has 0 aromatic heterocycles. The molecule has 2 saturated heterocycles. The van der Waals surface area contributed by atoms with Gasteiger partial charge >= 0.3 is 5.97 Å². The number of ether oxygens (including phenoxy) is 1. The average Bonchev–Trinajstić information content (AvgIpc) is 2.89. The van der Waals surface area contributed by atoms with Crippen LogP contribution in [0.15, 0.2) is 0 Å². The second-order valence-electron chi connectivity index (χ2n) is 5.28. The Kier molecular flexibility index (Phi) is 3.50. The van der Waals surface area contributed by atoms with Crippen LogP contribution in [-0.4, -0.2) is 49.7 Å². The number of hydrogen-bond donors (Lipinski definition) is 1. The van der Waals surface area contributed by atoms with Crippen LogP contribution in [0.25, 0.3) is 0 Å². The Morgan fingerprint density at radius 2 is 2.19 bits per heavy atom. The maximum absolute atomic E-state index is 11.6. The molecule has 16 heavy (non-hydrogen) atoms. The number of rotatable bonds is 3. The zero-order valence-corrected chi connectivity index (χ0v) is 10.3. The molecular weight excluding hydrogens is 204 g/mol. The first-order valence-corrected chi connectivity index (χ1v) is 6.20. The molecule has 2 heterocycles. The lowest BCUT2D eigenvalue weighted by Gasteiger charge is -2.22. The van der Waals surface area contributed by atoms with Crippen molar-refractivity contribution in [3.63, 3.8) is 0 Å². The van der Waals surface area contributed by atoms with Gasteiger partial charge in [-0.1, -0.05) is 0 Å². The first-order chi connectivity index (χ1) is 7.64. The predicted molar refractivity (Wildman–Crippen MR) is 62.2 cm³/mol. The smallest absolute Gasteiger partial charge is 0.325 e. The van der Waals surface area contributed by atoms with Crippen LogP contribution in [0.5, 0.6) is 0 Å². The van der Waals surface area contributed by atoms with E-state index in [9.17, 15) is 4.79 Å². The number of nitrogens with one attached hydrogen (secondary N) is 1. The van der Waals surface area contributed by atoms with Crippen molar-refractivity contribution in [3.05, 3.63) is 0 Å². The van der Waals surface area contributed by atoms with Gasteiger partial charge in [0.05, 0.1) is 7.11 Å². The summed E-state index contributed by atoms with van der Waals surface area (Å²) in [6, 6.07) is 0. The fourth-order valence-electron chi connectivity index (χ4n) is 2.93. The third-order valence-electron chi connectivity index (χ3n) is 3.83. The molecule has 2 atom stereocenters. The van der Waals surface area contributed by atoms with Crippen LogP contribution in [0, 0.1) is 5.92 Å². The van der Waals surface area contributed by atoms with Crippen molar-refractivity contribution in [3.8, 4) is 0 Å². The van der Waals surface area contributed by atoms with Gasteiger partial charge in [-0.25, -0.2) is 0 Å². The van der Waals surface area contributed by atoms with Gasteiger partial charge in [0.2, 0.25) is 0 Å². The number of hydrogen-bond acceptors (Lipinski definition) is 4. The van der Waals surface area contributed by atoms with Gasteiger partial charge < -0.3 is 15.0 Å². The topological polar surface area (TPSA) is 41.6 Å². The van der Waals surface area contributed by atoms with E-state index in [1.807, 2.05) is 6.92 Å². The normalized spacial score (nSPS) is 35.5. The Labute approximate surface area is 97.3 Å². The lowest BCUT2D eigenvalue weighted by molar-refractivity contribution is -0.147. The largest absolute Gasteiger partial charge is 0.468 e. The Bertz CT molecular complexity index is 264. The van der Waals surface area contributed by atoms with Crippen LogP contribution in [0.3, 0.4) is 0 Å². The van der Waals surface area contributed by atoms with Crippen molar-refractivity contribution in [2.75, 3.05) is 33.3 Å². The molecule has 2 aliphatic rings. The minimum Gasteiger partial charge on any atom is -0.468 e. The SMILES string of the molecule is COC(=O)C1(C)CC(CN2CCCC2)CN1. The third kappa shape index (κ3) is 2.38. The summed E-state index contributed by atoms with van der Waals surface area (Å²) in [6.07, 6.45) is 3.55. The van der Waals surface area contributed by atoms with Gasteiger partial charge in [-0.15, -0.1) is 0 Å². The highest BCUT2D eigenvalue weighted by Gasteiger charge is 2.42. The van der Waals surface area contributed by atoms with E-state index in [2.05, 4.69) is 10.2 Å². The summed E-state index contributed by atoms with van der Waals surface area (Å²) in [5, 5.41) is 3.31. The summed E-state index contributed by atoms with van der Waals surface area (Å²) in [5.41, 5.74) is -0.459. The maximum Gasteiger partial charge on any atom is 0.325 e. The van der Waals surface area contributed by atoms with Crippen molar-refractivity contribution in [1.82, 2.24) is 10.2 Å². The number of carbonyl (C=O) groups excluding carboxylic acids is 1. The van der Waals surface area contributed by atoms with Crippen LogP contribution in [0.1, 0.15) is 26.2 Å². The van der Waals surface area contributed by atoms with E-state index >= 15 is 0 Å². The minimum absolute atomic E-state index is 0.128. The van der Waals surface area contributed by atoms with Crippen molar-refractivity contribution in [1.29, 1.82) is 0 Å². The average molecular weight is 226 g/mol. The van der Waals surface area contributed by atoms with Gasteiger partial charge in [-0.05, 0) is 45.2 Å². The zero-order valence-electron chi connectivity index (χ0n) is 10.3. The van der Waals surface area contributed by atoms with Crippen LogP contribution in [0.4, 0.5) is 0 Å². The van der Waals surface area contributed by atoms with Gasteiger partial charge in [0.15, 0.2) is 0 Å². The molecule has 4 nitrogen and oxygen atoms in total. The molecule has 2 aliphatic heterocycles. The molecule has 0 aromatic carbocycles. The van der Waals surface area contributed by atoms with Gasteiger partial charge in [-0.2, -0.15) is 0 Å². The van der Waals surface area contributed by atoms with Crippen LogP contribution in [0.2, 0.25) is 0 Å². The minimum atomic E-state index is -0.459. The summed E-state index contributed by atoms with van der Waals surface area (Å²) in [5.74, 6) is 0.457. The molecule has 0 aromatic rings. The van der Waals surface area contributed by atoms with E-state index in [0.29, 0.717) is 5.92 Å². The summed E-state index contributed by atoms with van der Waals surface area (Å²) >= 11 is 0. The van der Waals surface area contributed by atoms with Gasteiger partial charge in [0.25, 0.3) is 0 Å². The van der Waals surface area contributed by atoms with E-state index in [0.717, 1.165) is 19.5 Å². The van der Waals surface area contributed by atoms with E-state index in [1.165, 1.54) is 33.0 Å². The first-order valence-electron chi connectivity index (χ1n) is 6.20. The number of methoxy groups -OCH3 is 1. The monoisotopic (exact) mass is 226 g/mol. The van der Waals surface area contributed by atoms with E-state index in [-0.39, 0.29) is 5.97 Å². The summed E-state index contributed by atoms with van der Waals surface area (Å²) in [6.45, 7) is 6.46. The lowest BCUT2D eigenvalue weighted by atomic mass is 9.94. The molecule has 2 fully saturated rings. The quantitative estimate of drug-likeness (QED) is 0.716. The standard InChI is InChI=1S/C12H22N2O2/c1-12(11(15)16-2)7-10(8-13-12)9-14-5-3-4-6-14/h10,13H,3-9H2,1-2H3. The molecule has 0 amide bonds. The fraction of sp³-hybridized carbons (Fsp3) is 0.917. The summed E-state index contributed by atoms with van der Waals surface area (Å²) in [4.78, 5) is 14.1. The molecule has 2 rings (SSSR count). The highest BCUT2D eigenvalue weighted by molar-refractivity contribution is 5.80. The molecule has 0 aliphatic carbocycles. The third-order valence-corrected chi connectivity index (χ3v) is 3.83. The molecule has 92 valence electrons. The van der Waals surface area contributed by atoms with Gasteiger partial charge in [0.1, 0.15) is 5.54 Å². The highest BCUT2D eigenvalue weighted by atomic mass is 16.5. The second-order valence-corrected chi connectivity index (χ2v) is 5.28. The van der Waals surface area contributed by atoms with Gasteiger partial charge in [-0.3, -0.25) is 4.79 Å². The molecular formula is C12H22N2O2. The Balaban J connectivity index is 1.84. The molecule has 4 heteroatoms. The van der Waals surface area contributed by atoms with Crippen molar-refractivity contribution < 1.29 is 9.53 Å². The van der Waals surface area contributed by atoms with E-state index in [4.69, 9.17) is 4.74 Å².